The lowest BCUT2D eigenvalue weighted by Gasteiger charge is -2.41. The highest BCUT2D eigenvalue weighted by Gasteiger charge is 2.40. The molecule has 0 fully saturated rings. The highest BCUT2D eigenvalue weighted by molar-refractivity contribution is 5.72. The first kappa shape index (κ1) is 19.0. The van der Waals surface area contributed by atoms with Gasteiger partial charge in [-0.3, -0.25) is 4.79 Å². The summed E-state index contributed by atoms with van der Waals surface area (Å²) in [5.41, 5.74) is 1.12. The summed E-state index contributed by atoms with van der Waals surface area (Å²) in [4.78, 5) is 12.1. The van der Waals surface area contributed by atoms with E-state index in [9.17, 15) is 9.90 Å². The SMILES string of the molecule is CC.CCC(C)C(=O)OC1CC(O)C=C2C=CC(C)C(C)C21. The lowest BCUT2D eigenvalue weighted by molar-refractivity contribution is -0.158. The molecule has 6 unspecified atom stereocenters. The number of ether oxygens (including phenoxy) is 1. The summed E-state index contributed by atoms with van der Waals surface area (Å²) < 4.78 is 5.73. The van der Waals surface area contributed by atoms with Crippen LogP contribution >= 0.6 is 0 Å². The van der Waals surface area contributed by atoms with Crippen molar-refractivity contribution in [2.75, 3.05) is 0 Å². The maximum atomic E-state index is 12.1. The van der Waals surface area contributed by atoms with Gasteiger partial charge in [0, 0.05) is 12.3 Å². The molecule has 0 saturated carbocycles. The van der Waals surface area contributed by atoms with E-state index in [4.69, 9.17) is 4.74 Å². The Kier molecular flexibility index (Phi) is 7.34. The van der Waals surface area contributed by atoms with Crippen molar-refractivity contribution in [3.05, 3.63) is 23.8 Å². The number of aliphatic hydroxyl groups excluding tert-OH is 1. The van der Waals surface area contributed by atoms with Crippen LogP contribution in [0.2, 0.25) is 0 Å². The number of hydrogen-bond donors (Lipinski definition) is 1. The van der Waals surface area contributed by atoms with Gasteiger partial charge in [0.25, 0.3) is 0 Å². The maximum absolute atomic E-state index is 12.1. The minimum atomic E-state index is -0.513. The largest absolute Gasteiger partial charge is 0.461 e. The molecule has 2 rings (SSSR count). The van der Waals surface area contributed by atoms with E-state index in [1.807, 2.05) is 33.8 Å². The average molecular weight is 308 g/mol. The predicted molar refractivity (Wildman–Crippen MR) is 90.3 cm³/mol. The monoisotopic (exact) mass is 308 g/mol. The molecule has 0 aliphatic heterocycles. The fourth-order valence-corrected chi connectivity index (χ4v) is 3.13. The van der Waals surface area contributed by atoms with E-state index in [1.165, 1.54) is 0 Å². The Labute approximate surface area is 135 Å². The van der Waals surface area contributed by atoms with E-state index in [1.54, 1.807) is 0 Å². The van der Waals surface area contributed by atoms with Crippen LogP contribution < -0.4 is 0 Å². The predicted octanol–water partition coefficient (Wildman–Crippen LogP) is 4.12. The van der Waals surface area contributed by atoms with Crippen LogP contribution in [0.25, 0.3) is 0 Å². The van der Waals surface area contributed by atoms with E-state index in [0.717, 1.165) is 12.0 Å². The first-order valence-electron chi connectivity index (χ1n) is 8.72. The zero-order valence-electron chi connectivity index (χ0n) is 14.9. The number of carbonyl (C=O) groups is 1. The van der Waals surface area contributed by atoms with E-state index in [2.05, 4.69) is 26.0 Å². The first-order chi connectivity index (χ1) is 10.4. The molecule has 0 spiro atoms. The normalized spacial score (nSPS) is 34.7. The summed E-state index contributed by atoms with van der Waals surface area (Å²) in [7, 11) is 0. The molecule has 0 heterocycles. The Morgan fingerprint density at radius 2 is 2.05 bits per heavy atom. The molecule has 6 atom stereocenters. The first-order valence-corrected chi connectivity index (χ1v) is 8.72. The standard InChI is InChI=1S/C17H26O3.C2H6/c1-5-10(2)17(19)20-15-9-14(18)8-13-7-6-11(3)12(4)16(13)15;1-2/h6-8,10-12,14-16,18H,5,9H2,1-4H3;1-2H3. The molecule has 0 aromatic carbocycles. The van der Waals surface area contributed by atoms with Crippen LogP contribution in [0, 0.1) is 23.7 Å². The smallest absolute Gasteiger partial charge is 0.308 e. The number of allylic oxidation sites excluding steroid dienone is 2. The third-order valence-corrected chi connectivity index (χ3v) is 4.91. The average Bonchev–Trinajstić information content (AvgIpc) is 2.51. The number of aliphatic hydroxyl groups is 1. The molecule has 2 aliphatic rings. The van der Waals surface area contributed by atoms with Gasteiger partial charge in [-0.15, -0.1) is 0 Å². The van der Waals surface area contributed by atoms with Gasteiger partial charge in [-0.2, -0.15) is 0 Å². The summed E-state index contributed by atoms with van der Waals surface area (Å²) >= 11 is 0. The Morgan fingerprint density at radius 3 is 2.64 bits per heavy atom. The molecule has 0 aromatic heterocycles. The fraction of sp³-hybridized carbons (Fsp3) is 0.737. The van der Waals surface area contributed by atoms with Crippen molar-refractivity contribution in [1.82, 2.24) is 0 Å². The van der Waals surface area contributed by atoms with Crippen molar-refractivity contribution in [2.24, 2.45) is 23.7 Å². The van der Waals surface area contributed by atoms with Crippen molar-refractivity contribution < 1.29 is 14.6 Å². The zero-order valence-corrected chi connectivity index (χ0v) is 14.9. The van der Waals surface area contributed by atoms with Crippen LogP contribution in [0.1, 0.15) is 54.4 Å². The maximum Gasteiger partial charge on any atom is 0.308 e. The van der Waals surface area contributed by atoms with Gasteiger partial charge in [0.15, 0.2) is 0 Å². The highest BCUT2D eigenvalue weighted by Crippen LogP contribution is 2.41. The Balaban J connectivity index is 0.00000116. The molecular weight excluding hydrogens is 276 g/mol. The van der Waals surface area contributed by atoms with Crippen LogP contribution in [0.3, 0.4) is 0 Å². The zero-order chi connectivity index (χ0) is 16.9. The van der Waals surface area contributed by atoms with E-state index < -0.39 is 6.10 Å². The molecule has 3 heteroatoms. The van der Waals surface area contributed by atoms with Crippen LogP contribution in [0.15, 0.2) is 23.8 Å². The number of rotatable bonds is 3. The Morgan fingerprint density at radius 1 is 1.41 bits per heavy atom. The van der Waals surface area contributed by atoms with Crippen LogP contribution in [-0.4, -0.2) is 23.3 Å². The van der Waals surface area contributed by atoms with Gasteiger partial charge in [0.2, 0.25) is 0 Å². The van der Waals surface area contributed by atoms with Crippen molar-refractivity contribution in [2.45, 2.75) is 66.6 Å². The second kappa shape index (κ2) is 8.52. The van der Waals surface area contributed by atoms with Crippen LogP contribution in [-0.2, 0) is 9.53 Å². The van der Waals surface area contributed by atoms with Crippen molar-refractivity contribution in [1.29, 1.82) is 0 Å². The van der Waals surface area contributed by atoms with E-state index >= 15 is 0 Å². The number of carbonyl (C=O) groups excluding carboxylic acids is 1. The second-order valence-corrected chi connectivity index (χ2v) is 6.36. The second-order valence-electron chi connectivity index (χ2n) is 6.36. The van der Waals surface area contributed by atoms with Gasteiger partial charge in [-0.05, 0) is 23.8 Å². The van der Waals surface area contributed by atoms with Gasteiger partial charge in [0.05, 0.1) is 12.0 Å². The van der Waals surface area contributed by atoms with Gasteiger partial charge >= 0.3 is 5.97 Å². The third-order valence-electron chi connectivity index (χ3n) is 4.91. The third kappa shape index (κ3) is 4.22. The molecule has 0 bridgehead atoms. The molecule has 0 saturated heterocycles. The summed E-state index contributed by atoms with van der Waals surface area (Å²) in [6.45, 7) is 12.3. The quantitative estimate of drug-likeness (QED) is 0.798. The fourth-order valence-electron chi connectivity index (χ4n) is 3.13. The van der Waals surface area contributed by atoms with Crippen molar-refractivity contribution in [3.63, 3.8) is 0 Å². The summed E-state index contributed by atoms with van der Waals surface area (Å²) in [5.74, 6) is 0.894. The summed E-state index contributed by atoms with van der Waals surface area (Å²) in [5, 5.41) is 9.98. The Bertz CT molecular complexity index is 424. The van der Waals surface area contributed by atoms with Gasteiger partial charge in [0.1, 0.15) is 6.10 Å². The van der Waals surface area contributed by atoms with Crippen molar-refractivity contribution >= 4 is 5.97 Å². The van der Waals surface area contributed by atoms with Gasteiger partial charge < -0.3 is 9.84 Å². The molecule has 22 heavy (non-hydrogen) atoms. The highest BCUT2D eigenvalue weighted by atomic mass is 16.5. The lowest BCUT2D eigenvalue weighted by atomic mass is 9.69. The molecule has 0 amide bonds. The minimum Gasteiger partial charge on any atom is -0.461 e. The van der Waals surface area contributed by atoms with E-state index in [-0.39, 0.29) is 23.9 Å². The number of fused-ring (bicyclic) bond motifs is 1. The topological polar surface area (TPSA) is 46.5 Å². The number of esters is 1. The Hall–Kier alpha value is -1.09. The van der Waals surface area contributed by atoms with Crippen LogP contribution in [0.5, 0.6) is 0 Å². The molecule has 0 radical (unpaired) electrons. The molecule has 1 N–H and O–H groups in total. The van der Waals surface area contributed by atoms with Crippen molar-refractivity contribution in [3.8, 4) is 0 Å². The molecule has 126 valence electrons. The molecule has 0 aromatic rings. The molecular formula is C19H32O3. The van der Waals surface area contributed by atoms with Crippen LogP contribution in [0.4, 0.5) is 0 Å². The van der Waals surface area contributed by atoms with Gasteiger partial charge in [-0.1, -0.05) is 59.8 Å². The minimum absolute atomic E-state index is 0.0756. The molecule has 2 aliphatic carbocycles. The summed E-state index contributed by atoms with van der Waals surface area (Å²) in [6.07, 6.45) is 6.77. The number of hydrogen-bond acceptors (Lipinski definition) is 3. The van der Waals surface area contributed by atoms with Gasteiger partial charge in [-0.25, -0.2) is 0 Å². The summed E-state index contributed by atoms with van der Waals surface area (Å²) in [6, 6.07) is 0. The lowest BCUT2D eigenvalue weighted by Crippen LogP contribution is -2.41. The van der Waals surface area contributed by atoms with E-state index in [0.29, 0.717) is 18.3 Å². The molecule has 3 nitrogen and oxygen atoms in total.